The van der Waals surface area contributed by atoms with Gasteiger partial charge in [-0.1, -0.05) is 0 Å². The van der Waals surface area contributed by atoms with E-state index in [2.05, 4.69) is 0 Å². The second-order valence-electron chi connectivity index (χ2n) is 3.89. The normalized spacial score (nSPS) is 25.1. The van der Waals surface area contributed by atoms with Gasteiger partial charge in [0.2, 0.25) is 6.20 Å². The Morgan fingerprint density at radius 2 is 2.44 bits per heavy atom. The molecule has 0 radical (unpaired) electrons. The number of rotatable bonds is 2. The van der Waals surface area contributed by atoms with Crippen molar-refractivity contribution in [1.82, 2.24) is 0 Å². The highest BCUT2D eigenvalue weighted by Crippen LogP contribution is 2.35. The molecule has 1 atom stereocenters. The Bertz CT molecular complexity index is 398. The van der Waals surface area contributed by atoms with Gasteiger partial charge >= 0.3 is 0 Å². The molecule has 0 saturated carbocycles. The smallest absolute Gasteiger partial charge is 0.231 e. The van der Waals surface area contributed by atoms with Crippen LogP contribution in [0.25, 0.3) is 0 Å². The van der Waals surface area contributed by atoms with E-state index in [4.69, 9.17) is 4.74 Å². The first kappa shape index (κ1) is 10.9. The molecule has 16 heavy (non-hydrogen) atoms. The van der Waals surface area contributed by atoms with Crippen molar-refractivity contribution < 1.29 is 14.1 Å². The zero-order chi connectivity index (χ0) is 11.5. The van der Waals surface area contributed by atoms with Crippen LogP contribution in [0.3, 0.4) is 0 Å². The topological polar surface area (TPSA) is 52.4 Å². The Hall–Kier alpha value is -1.65. The molecule has 0 aromatic rings. The van der Waals surface area contributed by atoms with Gasteiger partial charge in [-0.2, -0.15) is 0 Å². The molecule has 4 nitrogen and oxygen atoms in total. The number of nitro groups is 1. The minimum atomic E-state index is -0.575. The molecule has 0 aromatic carbocycles. The summed E-state index contributed by atoms with van der Waals surface area (Å²) in [5.41, 5.74) is 1.06. The molecule has 5 heteroatoms. The summed E-state index contributed by atoms with van der Waals surface area (Å²) in [6.45, 7) is 0.623. The molecule has 1 aliphatic heterocycles. The van der Waals surface area contributed by atoms with Crippen LogP contribution in [0.5, 0.6) is 0 Å². The lowest BCUT2D eigenvalue weighted by molar-refractivity contribution is -0.402. The van der Waals surface area contributed by atoms with Crippen molar-refractivity contribution in [3.05, 3.63) is 45.6 Å². The molecule has 86 valence electrons. The van der Waals surface area contributed by atoms with Crippen LogP contribution >= 0.6 is 0 Å². The standard InChI is InChI=1S/C11H12FNO3/c12-10-7-11-9(2-1-5-16-11)6-8(10)3-4-13(14)15/h3-4,7-8H,1-2,5-6H2/b4-3+. The third kappa shape index (κ3) is 2.29. The third-order valence-corrected chi connectivity index (χ3v) is 2.76. The highest BCUT2D eigenvalue weighted by molar-refractivity contribution is 5.32. The molecule has 1 heterocycles. The molecule has 1 unspecified atom stereocenters. The lowest BCUT2D eigenvalue weighted by Gasteiger charge is -2.25. The second-order valence-corrected chi connectivity index (χ2v) is 3.89. The minimum absolute atomic E-state index is 0.362. The SMILES string of the molecule is O=[N+]([O-])/C=C/C1CC2=C(C=C1F)OCCC2. The van der Waals surface area contributed by atoms with Crippen LogP contribution < -0.4 is 0 Å². The van der Waals surface area contributed by atoms with E-state index in [1.54, 1.807) is 0 Å². The van der Waals surface area contributed by atoms with E-state index in [9.17, 15) is 14.5 Å². The Kier molecular flexibility index (Phi) is 3.03. The van der Waals surface area contributed by atoms with Crippen LogP contribution in [0.4, 0.5) is 4.39 Å². The van der Waals surface area contributed by atoms with Crippen molar-refractivity contribution in [1.29, 1.82) is 0 Å². The van der Waals surface area contributed by atoms with E-state index < -0.39 is 10.8 Å². The fraction of sp³-hybridized carbons (Fsp3) is 0.455. The van der Waals surface area contributed by atoms with Gasteiger partial charge in [0.1, 0.15) is 11.6 Å². The van der Waals surface area contributed by atoms with E-state index in [0.29, 0.717) is 18.8 Å². The first-order valence-corrected chi connectivity index (χ1v) is 5.20. The van der Waals surface area contributed by atoms with Crippen molar-refractivity contribution in [3.63, 3.8) is 0 Å². The molecule has 0 fully saturated rings. The minimum Gasteiger partial charge on any atom is -0.494 e. The summed E-state index contributed by atoms with van der Waals surface area (Å²) in [7, 11) is 0. The van der Waals surface area contributed by atoms with E-state index in [1.165, 1.54) is 12.2 Å². The number of hydrogen-bond donors (Lipinski definition) is 0. The number of halogens is 1. The summed E-state index contributed by atoms with van der Waals surface area (Å²) >= 11 is 0. The zero-order valence-electron chi connectivity index (χ0n) is 8.69. The maximum atomic E-state index is 13.5. The fourth-order valence-electron chi connectivity index (χ4n) is 1.97. The second kappa shape index (κ2) is 4.47. The van der Waals surface area contributed by atoms with Gasteiger partial charge < -0.3 is 4.74 Å². The van der Waals surface area contributed by atoms with Crippen molar-refractivity contribution in [3.8, 4) is 0 Å². The van der Waals surface area contributed by atoms with Crippen LogP contribution in [-0.2, 0) is 4.74 Å². The molecule has 0 spiro atoms. The zero-order valence-corrected chi connectivity index (χ0v) is 8.69. The molecule has 0 N–H and O–H groups in total. The summed E-state index contributed by atoms with van der Waals surface area (Å²) in [6, 6.07) is 0. The number of nitrogens with zero attached hydrogens (tertiary/aromatic N) is 1. The van der Waals surface area contributed by atoms with Crippen LogP contribution in [0.15, 0.2) is 35.5 Å². The summed E-state index contributed by atoms with van der Waals surface area (Å²) in [5, 5.41) is 10.2. The number of allylic oxidation sites excluding steroid dienone is 4. The first-order chi connectivity index (χ1) is 7.66. The molecular formula is C11H12FNO3. The largest absolute Gasteiger partial charge is 0.494 e. The predicted molar refractivity (Wildman–Crippen MR) is 55.6 cm³/mol. The van der Waals surface area contributed by atoms with Crippen LogP contribution in [0.2, 0.25) is 0 Å². The van der Waals surface area contributed by atoms with Crippen LogP contribution in [0, 0.1) is 16.0 Å². The average molecular weight is 225 g/mol. The molecule has 1 aliphatic carbocycles. The van der Waals surface area contributed by atoms with E-state index in [1.807, 2.05) is 0 Å². The molecule has 0 aromatic heterocycles. The van der Waals surface area contributed by atoms with Gasteiger partial charge in [-0.25, -0.2) is 4.39 Å². The summed E-state index contributed by atoms with van der Waals surface area (Å²) in [6.07, 6.45) is 5.76. The number of ether oxygens (including phenoxy) is 1. The third-order valence-electron chi connectivity index (χ3n) is 2.76. The maximum Gasteiger partial charge on any atom is 0.231 e. The van der Waals surface area contributed by atoms with E-state index in [0.717, 1.165) is 24.6 Å². The molecule has 2 rings (SSSR count). The van der Waals surface area contributed by atoms with Gasteiger partial charge in [-0.15, -0.1) is 0 Å². The summed E-state index contributed by atoms with van der Waals surface area (Å²) in [5.74, 6) is -0.251. The Balaban J connectivity index is 2.14. The summed E-state index contributed by atoms with van der Waals surface area (Å²) < 4.78 is 18.9. The first-order valence-electron chi connectivity index (χ1n) is 5.20. The van der Waals surface area contributed by atoms with Crippen LogP contribution in [0.1, 0.15) is 19.3 Å². The Labute approximate surface area is 92.2 Å². The van der Waals surface area contributed by atoms with Crippen molar-refractivity contribution in [2.24, 2.45) is 5.92 Å². The van der Waals surface area contributed by atoms with Crippen molar-refractivity contribution >= 4 is 0 Å². The Morgan fingerprint density at radius 3 is 3.19 bits per heavy atom. The van der Waals surface area contributed by atoms with Crippen molar-refractivity contribution in [2.75, 3.05) is 6.61 Å². The monoisotopic (exact) mass is 225 g/mol. The van der Waals surface area contributed by atoms with E-state index in [-0.39, 0.29) is 5.83 Å². The molecule has 0 amide bonds. The Morgan fingerprint density at radius 1 is 1.62 bits per heavy atom. The molecule has 2 aliphatic rings. The van der Waals surface area contributed by atoms with Crippen molar-refractivity contribution in [2.45, 2.75) is 19.3 Å². The van der Waals surface area contributed by atoms with Gasteiger partial charge in [0.15, 0.2) is 0 Å². The molecular weight excluding hydrogens is 213 g/mol. The fourth-order valence-corrected chi connectivity index (χ4v) is 1.97. The highest BCUT2D eigenvalue weighted by atomic mass is 19.1. The summed E-state index contributed by atoms with van der Waals surface area (Å²) in [4.78, 5) is 9.60. The van der Waals surface area contributed by atoms with E-state index >= 15 is 0 Å². The predicted octanol–water partition coefficient (Wildman–Crippen LogP) is 2.71. The van der Waals surface area contributed by atoms with Gasteiger partial charge in [-0.05, 0) is 30.9 Å². The van der Waals surface area contributed by atoms with Gasteiger partial charge in [0, 0.05) is 12.0 Å². The lowest BCUT2D eigenvalue weighted by atomic mass is 9.89. The highest BCUT2D eigenvalue weighted by Gasteiger charge is 2.25. The van der Waals surface area contributed by atoms with Gasteiger partial charge in [0.25, 0.3) is 0 Å². The average Bonchev–Trinajstić information content (AvgIpc) is 2.26. The quantitative estimate of drug-likeness (QED) is 0.536. The maximum absolute atomic E-state index is 13.5. The molecule has 0 bridgehead atoms. The van der Waals surface area contributed by atoms with Gasteiger partial charge in [-0.3, -0.25) is 10.1 Å². The molecule has 0 saturated heterocycles. The van der Waals surface area contributed by atoms with Crippen LogP contribution in [-0.4, -0.2) is 11.5 Å². The number of hydrogen-bond acceptors (Lipinski definition) is 3. The lowest BCUT2D eigenvalue weighted by Crippen LogP contribution is -2.14. The van der Waals surface area contributed by atoms with Gasteiger partial charge in [0.05, 0.1) is 11.5 Å².